The molecule has 2 aromatic carbocycles. The van der Waals surface area contributed by atoms with Crippen LogP contribution in [-0.4, -0.2) is 30.7 Å². The number of aliphatic hydroxyl groups excluding tert-OH is 1. The number of pyridine rings is 1. The van der Waals surface area contributed by atoms with Crippen molar-refractivity contribution in [2.45, 2.75) is 38.7 Å². The molecule has 4 aromatic rings. The Morgan fingerprint density at radius 2 is 1.77 bits per heavy atom. The number of carbonyl (C=O) groups is 1. The second kappa shape index (κ2) is 10.7. The van der Waals surface area contributed by atoms with Gasteiger partial charge in [-0.15, -0.1) is 0 Å². The number of nitrogens with one attached hydrogen (secondary N) is 1. The summed E-state index contributed by atoms with van der Waals surface area (Å²) in [7, 11) is -3.33. The Morgan fingerprint density at radius 1 is 1.09 bits per heavy atom. The Kier molecular flexibility index (Phi) is 7.93. The van der Waals surface area contributed by atoms with Gasteiger partial charge in [-0.1, -0.05) is 19.9 Å². The smallest absolute Gasteiger partial charge is 0.257 e. The van der Waals surface area contributed by atoms with E-state index >= 15 is 0 Å². The summed E-state index contributed by atoms with van der Waals surface area (Å²) >= 11 is 0. The number of aromatic nitrogens is 1. The number of carbonyl (C=O) groups excluding carboxylic acids is 1. The van der Waals surface area contributed by atoms with Crippen molar-refractivity contribution >= 4 is 32.5 Å². The minimum atomic E-state index is -3.33. The lowest BCUT2D eigenvalue weighted by Crippen LogP contribution is -2.13. The van der Waals surface area contributed by atoms with Crippen LogP contribution in [0.5, 0.6) is 11.5 Å². The van der Waals surface area contributed by atoms with Gasteiger partial charge in [0, 0.05) is 11.8 Å². The van der Waals surface area contributed by atoms with Crippen molar-refractivity contribution in [1.82, 2.24) is 4.98 Å². The van der Waals surface area contributed by atoms with Gasteiger partial charge in [0.1, 0.15) is 28.7 Å². The number of aryl methyl sites for hydroxylation is 1. The van der Waals surface area contributed by atoms with Crippen LogP contribution < -0.4 is 10.1 Å². The third-order valence-corrected chi connectivity index (χ3v) is 6.03. The maximum absolute atomic E-state index is 12.9. The summed E-state index contributed by atoms with van der Waals surface area (Å²) in [6, 6.07) is 16.0. The minimum Gasteiger partial charge on any atom is -0.461 e. The first-order valence-corrected chi connectivity index (χ1v) is 13.0. The monoisotopic (exact) mass is 496 g/mol. The van der Waals surface area contributed by atoms with E-state index in [-0.39, 0.29) is 10.5 Å². The number of amides is 1. The van der Waals surface area contributed by atoms with E-state index < -0.39 is 21.8 Å². The maximum Gasteiger partial charge on any atom is 0.257 e. The summed E-state index contributed by atoms with van der Waals surface area (Å²) in [6.07, 6.45) is 0.368. The number of anilines is 1. The fourth-order valence-electron chi connectivity index (χ4n) is 3.27. The fourth-order valence-corrected chi connectivity index (χ4v) is 3.90. The number of hydrogen-bond donors (Lipinski definition) is 2. The first kappa shape index (κ1) is 25.9. The quantitative estimate of drug-likeness (QED) is 0.353. The predicted molar refractivity (Wildman–Crippen MR) is 135 cm³/mol. The fraction of sp³-hybridized carbons (Fsp3) is 0.231. The van der Waals surface area contributed by atoms with Crippen molar-refractivity contribution in [2.24, 2.45) is 0 Å². The summed E-state index contributed by atoms with van der Waals surface area (Å²) < 4.78 is 35.1. The van der Waals surface area contributed by atoms with Crippen LogP contribution in [0.1, 0.15) is 48.7 Å². The van der Waals surface area contributed by atoms with E-state index in [1.165, 1.54) is 12.1 Å². The maximum atomic E-state index is 12.9. The number of furan rings is 1. The van der Waals surface area contributed by atoms with Gasteiger partial charge in [-0.2, -0.15) is 0 Å². The number of fused-ring (bicyclic) bond motifs is 1. The molecule has 1 unspecified atom stereocenters. The standard InChI is InChI=1S/C24H22N2O6S.C2H6/c1-14-11-19-21(31-14)12-16(24(28)26-23-6-4-5-20(25-23)15(2)27)13-22(19)32-17-7-9-18(10-8-17)33(3,29)30;1-2/h4-13,15,27H,1-3H3,(H,25,26,28);1-2H3. The van der Waals surface area contributed by atoms with Gasteiger partial charge in [0.2, 0.25) is 0 Å². The molecule has 8 nitrogen and oxygen atoms in total. The highest BCUT2D eigenvalue weighted by atomic mass is 32.2. The minimum absolute atomic E-state index is 0.180. The van der Waals surface area contributed by atoms with Crippen molar-refractivity contribution in [2.75, 3.05) is 11.6 Å². The molecular weight excluding hydrogens is 468 g/mol. The second-order valence-electron chi connectivity index (χ2n) is 7.67. The zero-order valence-corrected chi connectivity index (χ0v) is 21.0. The molecule has 184 valence electrons. The Morgan fingerprint density at radius 3 is 2.40 bits per heavy atom. The summed E-state index contributed by atoms with van der Waals surface area (Å²) in [5, 5.41) is 13.1. The molecule has 2 heterocycles. The molecule has 0 saturated carbocycles. The molecule has 4 rings (SSSR count). The molecule has 1 amide bonds. The van der Waals surface area contributed by atoms with Crippen molar-refractivity contribution in [1.29, 1.82) is 0 Å². The van der Waals surface area contributed by atoms with Crippen LogP contribution >= 0.6 is 0 Å². The molecule has 0 fully saturated rings. The topological polar surface area (TPSA) is 119 Å². The second-order valence-corrected chi connectivity index (χ2v) is 9.68. The van der Waals surface area contributed by atoms with Crippen LogP contribution in [0.2, 0.25) is 0 Å². The molecule has 35 heavy (non-hydrogen) atoms. The third kappa shape index (κ3) is 6.26. The van der Waals surface area contributed by atoms with Gasteiger partial charge in [0.25, 0.3) is 5.91 Å². The Balaban J connectivity index is 0.00000167. The summed E-state index contributed by atoms with van der Waals surface area (Å²) in [4.78, 5) is 17.3. The molecule has 2 N–H and O–H groups in total. The molecule has 2 aromatic heterocycles. The summed E-state index contributed by atoms with van der Waals surface area (Å²) in [5.74, 6) is 1.30. The highest BCUT2D eigenvalue weighted by Crippen LogP contribution is 2.34. The predicted octanol–water partition coefficient (Wildman–Crippen LogP) is 5.66. The molecule has 0 bridgehead atoms. The van der Waals surface area contributed by atoms with E-state index in [0.29, 0.717) is 39.7 Å². The van der Waals surface area contributed by atoms with Crippen LogP contribution in [0.25, 0.3) is 11.0 Å². The molecule has 0 saturated heterocycles. The van der Waals surface area contributed by atoms with Crippen LogP contribution in [0.4, 0.5) is 5.82 Å². The van der Waals surface area contributed by atoms with Crippen molar-refractivity contribution in [3.8, 4) is 11.5 Å². The van der Waals surface area contributed by atoms with Crippen molar-refractivity contribution < 1.29 is 27.5 Å². The highest BCUT2D eigenvalue weighted by Gasteiger charge is 2.16. The highest BCUT2D eigenvalue weighted by molar-refractivity contribution is 7.90. The normalized spacial score (nSPS) is 11.9. The molecule has 0 radical (unpaired) electrons. The van der Waals surface area contributed by atoms with Gasteiger partial charge in [-0.25, -0.2) is 13.4 Å². The van der Waals surface area contributed by atoms with E-state index in [2.05, 4.69) is 10.3 Å². The number of benzene rings is 2. The van der Waals surface area contributed by atoms with Crippen molar-refractivity contribution in [3.05, 3.63) is 77.7 Å². The Hall–Kier alpha value is -3.69. The largest absolute Gasteiger partial charge is 0.461 e. The van der Waals surface area contributed by atoms with E-state index in [1.54, 1.807) is 62.4 Å². The zero-order chi connectivity index (χ0) is 25.8. The van der Waals surface area contributed by atoms with Crippen LogP contribution in [0.3, 0.4) is 0 Å². The molecule has 0 aliphatic carbocycles. The van der Waals surface area contributed by atoms with Crippen LogP contribution in [0, 0.1) is 6.92 Å². The lowest BCUT2D eigenvalue weighted by atomic mass is 10.1. The zero-order valence-electron chi connectivity index (χ0n) is 20.2. The lowest BCUT2D eigenvalue weighted by Gasteiger charge is -2.11. The summed E-state index contributed by atoms with van der Waals surface area (Å²) in [5.41, 5.74) is 1.18. The Labute approximate surface area is 204 Å². The van der Waals surface area contributed by atoms with E-state index in [4.69, 9.17) is 9.15 Å². The number of hydrogen-bond acceptors (Lipinski definition) is 7. The molecule has 1 atom stereocenters. The van der Waals surface area contributed by atoms with E-state index in [9.17, 15) is 18.3 Å². The molecule has 0 aliphatic heterocycles. The van der Waals surface area contributed by atoms with Gasteiger partial charge in [-0.3, -0.25) is 4.79 Å². The molecular formula is C26H28N2O6S. The lowest BCUT2D eigenvalue weighted by molar-refractivity contribution is 0.102. The first-order valence-electron chi connectivity index (χ1n) is 11.1. The molecule has 9 heteroatoms. The number of sulfone groups is 1. The SMILES string of the molecule is CC.Cc1cc2c(Oc3ccc(S(C)(=O)=O)cc3)cc(C(=O)Nc3cccc(C(C)O)n3)cc2o1. The number of aliphatic hydroxyl groups is 1. The number of rotatable bonds is 6. The van der Waals surface area contributed by atoms with Gasteiger partial charge in [0.15, 0.2) is 9.84 Å². The Bertz CT molecular complexity index is 1440. The van der Waals surface area contributed by atoms with E-state index in [1.807, 2.05) is 13.8 Å². The number of ether oxygens (including phenoxy) is 1. The van der Waals surface area contributed by atoms with Crippen molar-refractivity contribution in [3.63, 3.8) is 0 Å². The van der Waals surface area contributed by atoms with Crippen LogP contribution in [-0.2, 0) is 9.84 Å². The summed E-state index contributed by atoms with van der Waals surface area (Å²) in [6.45, 7) is 7.38. The number of nitrogens with zero attached hydrogens (tertiary/aromatic N) is 1. The average molecular weight is 497 g/mol. The average Bonchev–Trinajstić information content (AvgIpc) is 3.21. The van der Waals surface area contributed by atoms with Gasteiger partial charge < -0.3 is 19.6 Å². The molecule has 0 spiro atoms. The van der Waals surface area contributed by atoms with Gasteiger partial charge in [-0.05, 0) is 68.4 Å². The first-order chi connectivity index (χ1) is 16.6. The molecule has 0 aliphatic rings. The van der Waals surface area contributed by atoms with E-state index in [0.717, 1.165) is 6.26 Å². The van der Waals surface area contributed by atoms with Crippen LogP contribution in [0.15, 0.2) is 70.0 Å². The van der Waals surface area contributed by atoms with Gasteiger partial charge in [0.05, 0.1) is 22.1 Å². The third-order valence-electron chi connectivity index (χ3n) is 4.90. The van der Waals surface area contributed by atoms with Gasteiger partial charge >= 0.3 is 0 Å².